The van der Waals surface area contributed by atoms with Crippen molar-refractivity contribution in [3.05, 3.63) is 29.8 Å². The lowest BCUT2D eigenvalue weighted by atomic mass is 9.76. The Bertz CT molecular complexity index is 778. The fraction of sp³-hybridized carbons (Fsp3) is 0.556. The van der Waals surface area contributed by atoms with E-state index < -0.39 is 21.5 Å². The van der Waals surface area contributed by atoms with Crippen LogP contribution in [-0.4, -0.2) is 48.3 Å². The first-order valence-corrected chi connectivity index (χ1v) is 10.4. The monoisotopic (exact) mass is 380 g/mol. The van der Waals surface area contributed by atoms with Gasteiger partial charge in [-0.2, -0.15) is 4.31 Å². The van der Waals surface area contributed by atoms with Crippen molar-refractivity contribution < 1.29 is 23.1 Å². The largest absolute Gasteiger partial charge is 0.480 e. The first kappa shape index (κ1) is 18.8. The van der Waals surface area contributed by atoms with Crippen LogP contribution in [0.15, 0.2) is 29.2 Å². The van der Waals surface area contributed by atoms with Gasteiger partial charge in [0.05, 0.1) is 4.90 Å². The molecule has 1 saturated carbocycles. The molecule has 1 heterocycles. The molecule has 1 amide bonds. The van der Waals surface area contributed by atoms with Crippen molar-refractivity contribution in [2.45, 2.75) is 55.4 Å². The Hall–Kier alpha value is -1.93. The van der Waals surface area contributed by atoms with E-state index in [2.05, 4.69) is 5.32 Å². The van der Waals surface area contributed by atoms with Gasteiger partial charge in [-0.15, -0.1) is 0 Å². The summed E-state index contributed by atoms with van der Waals surface area (Å²) in [5.74, 6) is -1.27. The molecule has 2 fully saturated rings. The van der Waals surface area contributed by atoms with Crippen LogP contribution in [0.3, 0.4) is 0 Å². The minimum Gasteiger partial charge on any atom is -0.480 e. The first-order valence-electron chi connectivity index (χ1n) is 8.97. The molecule has 0 spiro atoms. The summed E-state index contributed by atoms with van der Waals surface area (Å²) in [5, 5.41) is 11.9. The van der Waals surface area contributed by atoms with Crippen LogP contribution in [0.2, 0.25) is 0 Å². The summed E-state index contributed by atoms with van der Waals surface area (Å²) in [6, 6.07) is 6.58. The Morgan fingerprint density at radius 2 is 1.69 bits per heavy atom. The van der Waals surface area contributed by atoms with Gasteiger partial charge in [0.15, 0.2) is 0 Å². The number of carboxylic acid groups (broad SMARTS) is 1. The predicted octanol–water partition coefficient (Wildman–Crippen LogP) is 1.53. The Morgan fingerprint density at radius 3 is 2.19 bits per heavy atom. The second-order valence-electron chi connectivity index (χ2n) is 7.04. The summed E-state index contributed by atoms with van der Waals surface area (Å²) in [6.45, 7) is 1.13. The minimum absolute atomic E-state index is 0.174. The smallest absolute Gasteiger partial charge is 0.329 e. The number of carbonyl (C=O) groups is 2. The molecule has 0 radical (unpaired) electrons. The average Bonchev–Trinajstić information content (AvgIpc) is 3.11. The topological polar surface area (TPSA) is 104 Å². The summed E-state index contributed by atoms with van der Waals surface area (Å²) in [5.41, 5.74) is -0.247. The van der Waals surface area contributed by atoms with Gasteiger partial charge in [0.1, 0.15) is 5.54 Å². The lowest BCUT2D eigenvalue weighted by Crippen LogP contribution is -2.59. The molecule has 0 atom stereocenters. The van der Waals surface area contributed by atoms with Crippen molar-refractivity contribution >= 4 is 21.9 Å². The zero-order valence-corrected chi connectivity index (χ0v) is 15.4. The number of hydrogen-bond donors (Lipinski definition) is 2. The number of benzene rings is 1. The van der Waals surface area contributed by atoms with Crippen LogP contribution in [0.1, 0.15) is 44.1 Å². The SMILES string of the molecule is O=C(CCc1ccc(S(=O)(=O)N2CCCC2)cc1)NC1(C(=O)O)CCC1. The minimum atomic E-state index is -3.43. The van der Waals surface area contributed by atoms with Gasteiger partial charge in [0.25, 0.3) is 0 Å². The Labute approximate surface area is 153 Å². The third-order valence-electron chi connectivity index (χ3n) is 5.26. The van der Waals surface area contributed by atoms with Gasteiger partial charge >= 0.3 is 5.97 Å². The zero-order chi connectivity index (χ0) is 18.8. The number of sulfonamides is 1. The number of rotatable bonds is 7. The van der Waals surface area contributed by atoms with Crippen LogP contribution in [0, 0.1) is 0 Å². The highest BCUT2D eigenvalue weighted by molar-refractivity contribution is 7.89. The molecular weight excluding hydrogens is 356 g/mol. The Kier molecular flexibility index (Phi) is 5.34. The maximum absolute atomic E-state index is 12.5. The number of aliphatic carboxylic acids is 1. The van der Waals surface area contributed by atoms with Gasteiger partial charge in [0, 0.05) is 19.5 Å². The Balaban J connectivity index is 1.56. The van der Waals surface area contributed by atoms with Crippen LogP contribution >= 0.6 is 0 Å². The highest BCUT2D eigenvalue weighted by Crippen LogP contribution is 2.32. The maximum Gasteiger partial charge on any atom is 0.329 e. The van der Waals surface area contributed by atoms with E-state index in [4.69, 9.17) is 0 Å². The lowest BCUT2D eigenvalue weighted by Gasteiger charge is -2.38. The van der Waals surface area contributed by atoms with E-state index in [0.29, 0.717) is 32.4 Å². The van der Waals surface area contributed by atoms with Crippen LogP contribution in [-0.2, 0) is 26.0 Å². The van der Waals surface area contributed by atoms with Crippen molar-refractivity contribution in [3.8, 4) is 0 Å². The van der Waals surface area contributed by atoms with E-state index in [1.165, 1.54) is 4.31 Å². The molecule has 1 aromatic rings. The van der Waals surface area contributed by atoms with Crippen LogP contribution in [0.4, 0.5) is 0 Å². The molecule has 0 bridgehead atoms. The van der Waals surface area contributed by atoms with Gasteiger partial charge in [-0.05, 0) is 56.2 Å². The molecule has 3 rings (SSSR count). The molecule has 1 saturated heterocycles. The van der Waals surface area contributed by atoms with Gasteiger partial charge in [-0.3, -0.25) is 4.79 Å². The molecule has 2 aliphatic rings. The summed E-state index contributed by atoms with van der Waals surface area (Å²) < 4.78 is 26.5. The van der Waals surface area contributed by atoms with Gasteiger partial charge in [-0.1, -0.05) is 12.1 Å². The van der Waals surface area contributed by atoms with Crippen LogP contribution in [0.25, 0.3) is 0 Å². The zero-order valence-electron chi connectivity index (χ0n) is 14.6. The molecule has 142 valence electrons. The molecule has 26 heavy (non-hydrogen) atoms. The average molecular weight is 380 g/mol. The standard InChI is InChI=1S/C18H24N2O5S/c21-16(19-18(17(22)23)10-3-11-18)9-6-14-4-7-15(8-5-14)26(24,25)20-12-1-2-13-20/h4-5,7-8H,1-3,6,9-13H2,(H,19,21)(H,22,23). The van der Waals surface area contributed by atoms with E-state index in [9.17, 15) is 23.1 Å². The van der Waals surface area contributed by atoms with E-state index in [1.54, 1.807) is 24.3 Å². The summed E-state index contributed by atoms with van der Waals surface area (Å²) in [6.07, 6.45) is 4.14. The summed E-state index contributed by atoms with van der Waals surface area (Å²) in [7, 11) is -3.43. The third-order valence-corrected chi connectivity index (χ3v) is 7.17. The molecule has 1 aromatic carbocycles. The normalized spacial score (nSPS) is 19.7. The highest BCUT2D eigenvalue weighted by atomic mass is 32.2. The van der Waals surface area contributed by atoms with Crippen molar-refractivity contribution in [2.75, 3.05) is 13.1 Å². The van der Waals surface area contributed by atoms with Crippen molar-refractivity contribution in [1.82, 2.24) is 9.62 Å². The molecular formula is C18H24N2O5S. The number of nitrogens with one attached hydrogen (secondary N) is 1. The quantitative estimate of drug-likeness (QED) is 0.746. The van der Waals surface area contributed by atoms with Crippen LogP contribution < -0.4 is 5.32 Å². The molecule has 8 heteroatoms. The Morgan fingerprint density at radius 1 is 1.08 bits per heavy atom. The fourth-order valence-electron chi connectivity index (χ4n) is 3.42. The van der Waals surface area contributed by atoms with Crippen LogP contribution in [0.5, 0.6) is 0 Å². The fourth-order valence-corrected chi connectivity index (χ4v) is 4.93. The second kappa shape index (κ2) is 7.36. The molecule has 0 aromatic heterocycles. The molecule has 2 N–H and O–H groups in total. The van der Waals surface area contributed by atoms with Gasteiger partial charge < -0.3 is 10.4 Å². The maximum atomic E-state index is 12.5. The number of amides is 1. The van der Waals surface area contributed by atoms with Crippen molar-refractivity contribution in [3.63, 3.8) is 0 Å². The van der Waals surface area contributed by atoms with E-state index in [0.717, 1.165) is 24.8 Å². The van der Waals surface area contributed by atoms with Crippen molar-refractivity contribution in [2.24, 2.45) is 0 Å². The summed E-state index contributed by atoms with van der Waals surface area (Å²) in [4.78, 5) is 23.6. The summed E-state index contributed by atoms with van der Waals surface area (Å²) >= 11 is 0. The molecule has 7 nitrogen and oxygen atoms in total. The predicted molar refractivity (Wildman–Crippen MR) is 95.1 cm³/mol. The second-order valence-corrected chi connectivity index (χ2v) is 8.98. The molecule has 0 unspecified atom stereocenters. The van der Waals surface area contributed by atoms with Gasteiger partial charge in [0.2, 0.25) is 15.9 Å². The van der Waals surface area contributed by atoms with E-state index in [-0.39, 0.29) is 17.2 Å². The van der Waals surface area contributed by atoms with Crippen molar-refractivity contribution in [1.29, 1.82) is 0 Å². The van der Waals surface area contributed by atoms with E-state index >= 15 is 0 Å². The molecule has 1 aliphatic heterocycles. The van der Waals surface area contributed by atoms with Gasteiger partial charge in [-0.25, -0.2) is 13.2 Å². The number of carbonyl (C=O) groups excluding carboxylic acids is 1. The number of nitrogens with zero attached hydrogens (tertiary/aromatic N) is 1. The molecule has 1 aliphatic carbocycles. The number of carboxylic acids is 1. The van der Waals surface area contributed by atoms with E-state index in [1.807, 2.05) is 0 Å². The lowest BCUT2D eigenvalue weighted by molar-refractivity contribution is -0.151. The highest BCUT2D eigenvalue weighted by Gasteiger charge is 2.45. The number of hydrogen-bond acceptors (Lipinski definition) is 4. The number of aryl methyl sites for hydroxylation is 1. The first-order chi connectivity index (χ1) is 12.3. The third kappa shape index (κ3) is 3.76.